The lowest BCUT2D eigenvalue weighted by molar-refractivity contribution is -0.140. The summed E-state index contributed by atoms with van der Waals surface area (Å²) in [6.07, 6.45) is -2.61. The largest absolute Gasteiger partial charge is 0.419 e. The summed E-state index contributed by atoms with van der Waals surface area (Å²) in [5.74, 6) is -1.25. The third kappa shape index (κ3) is 3.30. The van der Waals surface area contributed by atoms with Gasteiger partial charge in [-0.15, -0.1) is 6.58 Å². The first-order valence-corrected chi connectivity index (χ1v) is 5.05. The van der Waals surface area contributed by atoms with Crippen molar-refractivity contribution in [1.29, 1.82) is 0 Å². The zero-order valence-electron chi connectivity index (χ0n) is 9.31. The molecule has 0 aliphatic carbocycles. The normalized spacial score (nSPS) is 13.5. The number of nitrogens with one attached hydrogen (secondary N) is 1. The molecule has 1 aromatic rings. The van der Waals surface area contributed by atoms with Gasteiger partial charge in [-0.05, 0) is 31.2 Å². The van der Waals surface area contributed by atoms with Crippen molar-refractivity contribution in [3.63, 3.8) is 0 Å². The zero-order valence-corrected chi connectivity index (χ0v) is 9.31. The monoisotopic (exact) mass is 247 g/mol. The molecule has 1 unspecified atom stereocenters. The maximum Gasteiger partial charge on any atom is 0.419 e. The Balaban J connectivity index is 3.15. The predicted molar refractivity (Wildman–Crippen MR) is 58.0 cm³/mol. The Morgan fingerprint density at radius 3 is 2.53 bits per heavy atom. The van der Waals surface area contributed by atoms with Gasteiger partial charge in [0.1, 0.15) is 5.82 Å². The molecule has 0 fully saturated rings. The van der Waals surface area contributed by atoms with Crippen LogP contribution < -0.4 is 5.32 Å². The van der Waals surface area contributed by atoms with Gasteiger partial charge in [-0.1, -0.05) is 12.1 Å². The average molecular weight is 247 g/mol. The van der Waals surface area contributed by atoms with Gasteiger partial charge < -0.3 is 5.32 Å². The van der Waals surface area contributed by atoms with E-state index in [0.29, 0.717) is 12.0 Å². The SMILES string of the molecule is C=CCC(NC)c1ccc(F)c(C(F)(F)F)c1. The van der Waals surface area contributed by atoms with Crippen LogP contribution in [0.4, 0.5) is 17.6 Å². The standard InChI is InChI=1S/C12H13F4N/c1-3-4-11(17-2)8-5-6-10(13)9(7-8)12(14,15)16/h3,5-7,11,17H,1,4H2,2H3. The average Bonchev–Trinajstić information content (AvgIpc) is 2.25. The third-order valence-corrected chi connectivity index (χ3v) is 2.45. The van der Waals surface area contributed by atoms with Crippen LogP contribution in [0.5, 0.6) is 0 Å². The summed E-state index contributed by atoms with van der Waals surface area (Å²) in [6.45, 7) is 3.53. The van der Waals surface area contributed by atoms with Crippen LogP contribution in [-0.4, -0.2) is 7.05 Å². The smallest absolute Gasteiger partial charge is 0.313 e. The van der Waals surface area contributed by atoms with Crippen LogP contribution in [-0.2, 0) is 6.18 Å². The van der Waals surface area contributed by atoms with Crippen molar-refractivity contribution in [1.82, 2.24) is 5.32 Å². The van der Waals surface area contributed by atoms with Crippen LogP contribution in [0.2, 0.25) is 0 Å². The molecule has 1 nitrogen and oxygen atoms in total. The molecular formula is C12H13F4N. The van der Waals surface area contributed by atoms with Gasteiger partial charge in [-0.25, -0.2) is 4.39 Å². The maximum atomic E-state index is 13.1. The molecule has 94 valence electrons. The van der Waals surface area contributed by atoms with E-state index in [1.54, 1.807) is 13.1 Å². The van der Waals surface area contributed by atoms with Gasteiger partial charge in [0, 0.05) is 6.04 Å². The molecule has 0 spiro atoms. The van der Waals surface area contributed by atoms with E-state index in [0.717, 1.165) is 12.1 Å². The number of hydrogen-bond donors (Lipinski definition) is 1. The number of halogens is 4. The molecule has 1 rings (SSSR count). The Labute approximate surface area is 97.1 Å². The number of benzene rings is 1. The topological polar surface area (TPSA) is 12.0 Å². The summed E-state index contributed by atoms with van der Waals surface area (Å²) < 4.78 is 50.6. The minimum absolute atomic E-state index is 0.297. The highest BCUT2D eigenvalue weighted by molar-refractivity contribution is 5.29. The molecule has 0 saturated carbocycles. The van der Waals surface area contributed by atoms with Gasteiger partial charge in [0.25, 0.3) is 0 Å². The fourth-order valence-electron chi connectivity index (χ4n) is 1.56. The van der Waals surface area contributed by atoms with E-state index in [1.165, 1.54) is 6.07 Å². The third-order valence-electron chi connectivity index (χ3n) is 2.45. The van der Waals surface area contributed by atoms with Crippen molar-refractivity contribution < 1.29 is 17.6 Å². The highest BCUT2D eigenvalue weighted by Gasteiger charge is 2.34. The molecule has 0 amide bonds. The first-order valence-electron chi connectivity index (χ1n) is 5.05. The highest BCUT2D eigenvalue weighted by atomic mass is 19.4. The lowest BCUT2D eigenvalue weighted by Gasteiger charge is -2.17. The van der Waals surface area contributed by atoms with Crippen LogP contribution in [0.25, 0.3) is 0 Å². The maximum absolute atomic E-state index is 13.1. The van der Waals surface area contributed by atoms with Gasteiger partial charge in [0.15, 0.2) is 0 Å². The van der Waals surface area contributed by atoms with Crippen molar-refractivity contribution in [3.8, 4) is 0 Å². The molecule has 0 saturated heterocycles. The van der Waals surface area contributed by atoms with Crippen molar-refractivity contribution in [2.45, 2.75) is 18.6 Å². The minimum Gasteiger partial charge on any atom is -0.313 e. The molecule has 0 heterocycles. The van der Waals surface area contributed by atoms with Crippen molar-refractivity contribution in [2.75, 3.05) is 7.05 Å². The second kappa shape index (κ2) is 5.31. The Morgan fingerprint density at radius 2 is 2.06 bits per heavy atom. The van der Waals surface area contributed by atoms with E-state index >= 15 is 0 Å². The second-order valence-corrected chi connectivity index (χ2v) is 3.60. The lowest BCUT2D eigenvalue weighted by atomic mass is 10.0. The second-order valence-electron chi connectivity index (χ2n) is 3.60. The molecule has 17 heavy (non-hydrogen) atoms. The molecule has 5 heteroatoms. The van der Waals surface area contributed by atoms with Crippen molar-refractivity contribution >= 4 is 0 Å². The molecule has 1 aromatic carbocycles. The van der Waals surface area contributed by atoms with Crippen LogP contribution in [0.15, 0.2) is 30.9 Å². The number of hydrogen-bond acceptors (Lipinski definition) is 1. The Morgan fingerprint density at radius 1 is 1.41 bits per heavy atom. The van der Waals surface area contributed by atoms with Gasteiger partial charge >= 0.3 is 6.18 Å². The fraction of sp³-hybridized carbons (Fsp3) is 0.333. The molecule has 0 radical (unpaired) electrons. The van der Waals surface area contributed by atoms with Crippen LogP contribution in [0.3, 0.4) is 0 Å². The first-order chi connectivity index (χ1) is 7.90. The molecular weight excluding hydrogens is 234 g/mol. The molecule has 0 aromatic heterocycles. The first kappa shape index (κ1) is 13.7. The van der Waals surface area contributed by atoms with Gasteiger partial charge in [0.05, 0.1) is 5.56 Å². The van der Waals surface area contributed by atoms with Gasteiger partial charge in [-0.2, -0.15) is 13.2 Å². The van der Waals surface area contributed by atoms with E-state index < -0.39 is 17.6 Å². The van der Waals surface area contributed by atoms with E-state index in [9.17, 15) is 17.6 Å². The summed E-state index contributed by atoms with van der Waals surface area (Å²) in [5, 5.41) is 2.86. The quantitative estimate of drug-likeness (QED) is 0.632. The van der Waals surface area contributed by atoms with Crippen molar-refractivity contribution in [2.24, 2.45) is 0 Å². The fourth-order valence-corrected chi connectivity index (χ4v) is 1.56. The number of alkyl halides is 3. The molecule has 1 atom stereocenters. The minimum atomic E-state index is -4.67. The summed E-state index contributed by atoms with van der Waals surface area (Å²) >= 11 is 0. The summed E-state index contributed by atoms with van der Waals surface area (Å²) in [5.41, 5.74) is -0.847. The summed E-state index contributed by atoms with van der Waals surface area (Å²) in [7, 11) is 1.63. The van der Waals surface area contributed by atoms with Gasteiger partial charge in [0.2, 0.25) is 0 Å². The molecule has 0 aliphatic heterocycles. The summed E-state index contributed by atoms with van der Waals surface area (Å²) in [4.78, 5) is 0. The number of rotatable bonds is 4. The van der Waals surface area contributed by atoms with Crippen molar-refractivity contribution in [3.05, 3.63) is 47.8 Å². The van der Waals surface area contributed by atoms with Crippen LogP contribution >= 0.6 is 0 Å². The Hall–Kier alpha value is -1.36. The van der Waals surface area contributed by atoms with Crippen LogP contribution in [0.1, 0.15) is 23.6 Å². The summed E-state index contributed by atoms with van der Waals surface area (Å²) in [6, 6.07) is 2.72. The van der Waals surface area contributed by atoms with Crippen LogP contribution in [0, 0.1) is 5.82 Å². The Kier molecular flexibility index (Phi) is 4.28. The van der Waals surface area contributed by atoms with E-state index in [-0.39, 0.29) is 6.04 Å². The molecule has 1 N–H and O–H groups in total. The lowest BCUT2D eigenvalue weighted by Crippen LogP contribution is -2.17. The van der Waals surface area contributed by atoms with E-state index in [4.69, 9.17) is 0 Å². The van der Waals surface area contributed by atoms with E-state index in [1.807, 2.05) is 0 Å². The molecule has 0 aliphatic rings. The van der Waals surface area contributed by atoms with E-state index in [2.05, 4.69) is 11.9 Å². The predicted octanol–water partition coefficient (Wildman–Crippen LogP) is 3.68. The van der Waals surface area contributed by atoms with Gasteiger partial charge in [-0.3, -0.25) is 0 Å². The zero-order chi connectivity index (χ0) is 13.1. The Bertz CT molecular complexity index is 398. The highest BCUT2D eigenvalue weighted by Crippen LogP contribution is 2.33. The molecule has 0 bridgehead atoms.